The highest BCUT2D eigenvalue weighted by Gasteiger charge is 2.27. The number of nitrogens with zero attached hydrogens (tertiary/aromatic N) is 2. The van der Waals surface area contributed by atoms with Crippen LogP contribution in [0.3, 0.4) is 0 Å². The Hall–Kier alpha value is -3.80. The highest BCUT2D eigenvalue weighted by atomic mass is 19.1. The Morgan fingerprint density at radius 2 is 1.61 bits per heavy atom. The Labute approximate surface area is 205 Å². The normalized spacial score (nSPS) is 14.0. The van der Waals surface area contributed by atoms with Gasteiger partial charge in [-0.15, -0.1) is 0 Å². The molecule has 1 aliphatic rings. The lowest BCUT2D eigenvalue weighted by atomic mass is 10.0. The SMILES string of the molecule is CC(C)[C@H](NCc1ccc(F)c([N+](=O)[O-])c1)C(=O)OC1CCCC1.O=Cc1ccc(F)c([N+](=O)[O-])c1. The molecule has 0 saturated heterocycles. The Bertz CT molecular complexity index is 1110. The van der Waals surface area contributed by atoms with Crippen LogP contribution >= 0.6 is 0 Å². The second kappa shape index (κ2) is 13.3. The van der Waals surface area contributed by atoms with Crippen molar-refractivity contribution in [2.45, 2.75) is 58.2 Å². The molecule has 12 heteroatoms. The van der Waals surface area contributed by atoms with E-state index in [4.69, 9.17) is 4.74 Å². The van der Waals surface area contributed by atoms with Gasteiger partial charge in [-0.1, -0.05) is 19.9 Å². The van der Waals surface area contributed by atoms with Gasteiger partial charge in [0.25, 0.3) is 0 Å². The van der Waals surface area contributed by atoms with E-state index in [-0.39, 0.29) is 30.1 Å². The van der Waals surface area contributed by atoms with Gasteiger partial charge in [0.05, 0.1) is 9.85 Å². The summed E-state index contributed by atoms with van der Waals surface area (Å²) >= 11 is 0. The van der Waals surface area contributed by atoms with Crippen LogP contribution in [0.2, 0.25) is 0 Å². The monoisotopic (exact) mass is 507 g/mol. The zero-order valence-electron chi connectivity index (χ0n) is 19.8. The molecule has 0 heterocycles. The number of halogens is 2. The Morgan fingerprint density at radius 1 is 1.06 bits per heavy atom. The van der Waals surface area contributed by atoms with Crippen LogP contribution in [0.15, 0.2) is 36.4 Å². The molecule has 1 aliphatic carbocycles. The number of benzene rings is 2. The molecule has 2 aromatic rings. The Kier molecular flexibility index (Phi) is 10.5. The molecule has 1 saturated carbocycles. The number of rotatable bonds is 9. The fourth-order valence-electron chi connectivity index (χ4n) is 3.61. The molecule has 194 valence electrons. The number of ether oxygens (including phenoxy) is 1. The van der Waals surface area contributed by atoms with Crippen molar-refractivity contribution >= 4 is 23.6 Å². The number of carbonyl (C=O) groups excluding carboxylic acids is 2. The molecular formula is C24H27F2N3O7. The van der Waals surface area contributed by atoms with Crippen LogP contribution in [-0.2, 0) is 16.1 Å². The van der Waals surface area contributed by atoms with E-state index < -0.39 is 38.9 Å². The summed E-state index contributed by atoms with van der Waals surface area (Å²) in [5, 5.41) is 24.0. The molecule has 0 spiro atoms. The van der Waals surface area contributed by atoms with Crippen LogP contribution in [0.25, 0.3) is 0 Å². The number of hydrogen-bond acceptors (Lipinski definition) is 8. The molecule has 0 aliphatic heterocycles. The van der Waals surface area contributed by atoms with Crippen LogP contribution in [0.1, 0.15) is 55.5 Å². The molecule has 0 aromatic heterocycles. The number of carbonyl (C=O) groups is 2. The van der Waals surface area contributed by atoms with E-state index in [1.165, 1.54) is 18.2 Å². The van der Waals surface area contributed by atoms with E-state index in [0.29, 0.717) is 11.8 Å². The number of hydrogen-bond donors (Lipinski definition) is 1. The molecule has 2 aromatic carbocycles. The van der Waals surface area contributed by atoms with Gasteiger partial charge in [-0.2, -0.15) is 8.78 Å². The van der Waals surface area contributed by atoms with E-state index in [2.05, 4.69) is 5.32 Å². The maximum Gasteiger partial charge on any atom is 0.323 e. The summed E-state index contributed by atoms with van der Waals surface area (Å²) < 4.78 is 31.5. The standard InChI is InChI=1S/C17H23FN2O4.C7H4FNO3/c1-11(2)16(17(21)24-13-5-3-4-6-13)19-10-12-7-8-14(18)15(9-12)20(22)23;8-6-2-1-5(4-10)3-7(6)9(11)12/h7-9,11,13,16,19H,3-6,10H2,1-2H3;1-4H/t16-;/m0./s1. The van der Waals surface area contributed by atoms with Crippen molar-refractivity contribution in [2.24, 2.45) is 5.92 Å². The Balaban J connectivity index is 0.000000319. The summed E-state index contributed by atoms with van der Waals surface area (Å²) in [4.78, 5) is 41.8. The van der Waals surface area contributed by atoms with E-state index in [0.717, 1.165) is 43.9 Å². The molecule has 0 bridgehead atoms. The zero-order chi connectivity index (χ0) is 26.8. The number of nitrogens with one attached hydrogen (secondary N) is 1. The van der Waals surface area contributed by atoms with E-state index >= 15 is 0 Å². The number of nitro benzene ring substituents is 2. The Morgan fingerprint density at radius 3 is 2.14 bits per heavy atom. The first-order valence-corrected chi connectivity index (χ1v) is 11.3. The first kappa shape index (κ1) is 28.4. The fourth-order valence-corrected chi connectivity index (χ4v) is 3.61. The molecule has 0 unspecified atom stereocenters. The number of nitro groups is 2. The molecule has 1 fully saturated rings. The molecular weight excluding hydrogens is 480 g/mol. The molecule has 1 N–H and O–H groups in total. The van der Waals surface area contributed by atoms with Crippen molar-refractivity contribution < 1.29 is 33.0 Å². The maximum atomic E-state index is 13.4. The highest BCUT2D eigenvalue weighted by molar-refractivity contribution is 5.76. The maximum absolute atomic E-state index is 13.4. The van der Waals surface area contributed by atoms with Crippen LogP contribution in [0.4, 0.5) is 20.2 Å². The van der Waals surface area contributed by atoms with Crippen LogP contribution < -0.4 is 5.32 Å². The first-order valence-electron chi connectivity index (χ1n) is 11.3. The summed E-state index contributed by atoms with van der Waals surface area (Å²) in [7, 11) is 0. The number of esters is 1. The van der Waals surface area contributed by atoms with Crippen molar-refractivity contribution in [2.75, 3.05) is 0 Å². The topological polar surface area (TPSA) is 142 Å². The lowest BCUT2D eigenvalue weighted by Crippen LogP contribution is -2.42. The first-order chi connectivity index (χ1) is 17.0. The second-order valence-electron chi connectivity index (χ2n) is 8.57. The van der Waals surface area contributed by atoms with Gasteiger partial charge in [0, 0.05) is 24.2 Å². The zero-order valence-corrected chi connectivity index (χ0v) is 19.8. The highest BCUT2D eigenvalue weighted by Crippen LogP contribution is 2.23. The van der Waals surface area contributed by atoms with Crippen LogP contribution in [0, 0.1) is 37.8 Å². The minimum Gasteiger partial charge on any atom is -0.461 e. The van der Waals surface area contributed by atoms with Gasteiger partial charge < -0.3 is 10.1 Å². The largest absolute Gasteiger partial charge is 0.461 e. The van der Waals surface area contributed by atoms with E-state index in [1.807, 2.05) is 13.8 Å². The van der Waals surface area contributed by atoms with Gasteiger partial charge in [-0.25, -0.2) is 0 Å². The van der Waals surface area contributed by atoms with Crippen molar-refractivity contribution in [3.63, 3.8) is 0 Å². The number of aldehydes is 1. The second-order valence-corrected chi connectivity index (χ2v) is 8.57. The van der Waals surface area contributed by atoms with Crippen LogP contribution in [0.5, 0.6) is 0 Å². The third-order valence-electron chi connectivity index (χ3n) is 5.54. The summed E-state index contributed by atoms with van der Waals surface area (Å²) in [6, 6.07) is 6.17. The molecule has 1 atom stereocenters. The van der Waals surface area contributed by atoms with Gasteiger partial charge in [-0.05, 0) is 55.4 Å². The lowest BCUT2D eigenvalue weighted by molar-refractivity contribution is -0.387. The van der Waals surface area contributed by atoms with Gasteiger partial charge in [0.15, 0.2) is 0 Å². The predicted octanol–water partition coefficient (Wildman–Crippen LogP) is 4.88. The van der Waals surface area contributed by atoms with Gasteiger partial charge >= 0.3 is 17.3 Å². The van der Waals surface area contributed by atoms with Gasteiger partial charge in [-0.3, -0.25) is 29.8 Å². The average Bonchev–Trinajstić information content (AvgIpc) is 3.33. The average molecular weight is 507 g/mol. The molecule has 3 rings (SSSR count). The van der Waals surface area contributed by atoms with Crippen molar-refractivity contribution in [3.8, 4) is 0 Å². The fraction of sp³-hybridized carbons (Fsp3) is 0.417. The third kappa shape index (κ3) is 8.15. The smallest absolute Gasteiger partial charge is 0.323 e. The molecule has 36 heavy (non-hydrogen) atoms. The predicted molar refractivity (Wildman–Crippen MR) is 125 cm³/mol. The summed E-state index contributed by atoms with van der Waals surface area (Å²) in [5.41, 5.74) is -0.617. The van der Waals surface area contributed by atoms with Crippen molar-refractivity contribution in [1.29, 1.82) is 0 Å². The molecule has 0 amide bonds. The van der Waals surface area contributed by atoms with Gasteiger partial charge in [0.2, 0.25) is 11.6 Å². The summed E-state index contributed by atoms with van der Waals surface area (Å²) in [6.07, 6.45) is 4.38. The minimum atomic E-state index is -0.939. The van der Waals surface area contributed by atoms with E-state index in [9.17, 15) is 38.6 Å². The summed E-state index contributed by atoms with van der Waals surface area (Å²) in [6.45, 7) is 4.03. The lowest BCUT2D eigenvalue weighted by Gasteiger charge is -2.23. The quantitative estimate of drug-likeness (QED) is 0.219. The third-order valence-corrected chi connectivity index (χ3v) is 5.54. The minimum absolute atomic E-state index is 0.00698. The summed E-state index contributed by atoms with van der Waals surface area (Å²) in [5.74, 6) is -2.10. The van der Waals surface area contributed by atoms with Crippen molar-refractivity contribution in [3.05, 3.63) is 79.4 Å². The van der Waals surface area contributed by atoms with Crippen molar-refractivity contribution in [1.82, 2.24) is 5.32 Å². The van der Waals surface area contributed by atoms with E-state index in [1.54, 1.807) is 0 Å². The van der Waals surface area contributed by atoms with Gasteiger partial charge in [0.1, 0.15) is 18.4 Å². The molecule has 10 nitrogen and oxygen atoms in total. The molecule has 0 radical (unpaired) electrons. The van der Waals surface area contributed by atoms with Crippen LogP contribution in [-0.4, -0.2) is 34.2 Å².